The third kappa shape index (κ3) is 4.01. The molecule has 2 N–H and O–H groups in total. The van der Waals surface area contributed by atoms with E-state index in [-0.39, 0.29) is 27.9 Å². The molecule has 1 unspecified atom stereocenters. The number of oxime groups is 1. The Balaban J connectivity index is 1.72. The maximum Gasteiger partial charge on any atom is 0.435 e. The highest BCUT2D eigenvalue weighted by atomic mass is 35.5. The van der Waals surface area contributed by atoms with E-state index >= 15 is 0 Å². The Morgan fingerprint density at radius 2 is 1.77 bits per heavy atom. The quantitative estimate of drug-likeness (QED) is 0.498. The van der Waals surface area contributed by atoms with Crippen LogP contribution in [-0.4, -0.2) is 21.7 Å². The van der Waals surface area contributed by atoms with Crippen LogP contribution in [0.3, 0.4) is 0 Å². The number of benzene rings is 2. The maximum absolute atomic E-state index is 14.2. The largest absolute Gasteiger partial charge is 0.435 e. The van der Waals surface area contributed by atoms with Gasteiger partial charge >= 0.3 is 6.18 Å². The number of aromatic nitrogens is 2. The summed E-state index contributed by atoms with van der Waals surface area (Å²) in [7, 11) is 0. The molecule has 3 aromatic rings. The number of alkyl halides is 3. The van der Waals surface area contributed by atoms with E-state index in [0.29, 0.717) is 21.8 Å². The monoisotopic (exact) mass is 488 g/mol. The Morgan fingerprint density at radius 1 is 1.06 bits per heavy atom. The lowest BCUT2D eigenvalue weighted by molar-refractivity contribution is -0.275. The normalized spacial score (nSPS) is 18.7. The third-order valence-electron chi connectivity index (χ3n) is 4.95. The van der Waals surface area contributed by atoms with Crippen molar-refractivity contribution in [1.29, 1.82) is 0 Å². The number of rotatable bonds is 4. The van der Waals surface area contributed by atoms with Gasteiger partial charge in [-0.25, -0.2) is 4.68 Å². The second-order valence-corrected chi connectivity index (χ2v) is 8.25. The molecular formula is C20H14Cl3F3N4O. The van der Waals surface area contributed by atoms with E-state index in [1.807, 2.05) is 0 Å². The van der Waals surface area contributed by atoms with Crippen LogP contribution in [0.15, 0.2) is 53.9 Å². The number of hydrogen-bond donors (Lipinski definition) is 1. The van der Waals surface area contributed by atoms with Crippen molar-refractivity contribution in [3.63, 3.8) is 0 Å². The van der Waals surface area contributed by atoms with Crippen LogP contribution in [0.25, 0.3) is 5.69 Å². The molecule has 0 fully saturated rings. The molecule has 4 rings (SSSR count). The van der Waals surface area contributed by atoms with Gasteiger partial charge in [0.2, 0.25) is 0 Å². The zero-order valence-electron chi connectivity index (χ0n) is 15.6. The van der Waals surface area contributed by atoms with Crippen molar-refractivity contribution in [2.75, 3.05) is 0 Å². The van der Waals surface area contributed by atoms with E-state index in [1.165, 1.54) is 29.1 Å². The summed E-state index contributed by atoms with van der Waals surface area (Å²) in [5, 5.41) is 8.48. The lowest BCUT2D eigenvalue weighted by atomic mass is 9.86. The minimum Gasteiger partial charge on any atom is -0.374 e. The molecule has 1 aromatic heterocycles. The molecule has 2 aromatic carbocycles. The SMILES string of the molecule is NCc1cc(C2=NOC(c3cc(Cl)cc(Cl)c3)(C(F)(F)F)C2)ccc1-n1cc(Cl)cn1. The Morgan fingerprint density at radius 3 is 2.35 bits per heavy atom. The van der Waals surface area contributed by atoms with E-state index in [0.717, 1.165) is 0 Å². The molecule has 0 bridgehead atoms. The van der Waals surface area contributed by atoms with Crippen molar-refractivity contribution >= 4 is 40.5 Å². The number of nitrogens with two attached hydrogens (primary N) is 1. The second-order valence-electron chi connectivity index (χ2n) is 6.94. The van der Waals surface area contributed by atoms with Gasteiger partial charge in [-0.15, -0.1) is 0 Å². The fourth-order valence-electron chi connectivity index (χ4n) is 3.43. The molecule has 5 nitrogen and oxygen atoms in total. The third-order valence-corrected chi connectivity index (χ3v) is 5.58. The molecule has 1 atom stereocenters. The fraction of sp³-hybridized carbons (Fsp3) is 0.200. The zero-order chi connectivity index (χ0) is 22.4. The van der Waals surface area contributed by atoms with E-state index in [2.05, 4.69) is 10.3 Å². The first-order valence-corrected chi connectivity index (χ1v) is 10.1. The van der Waals surface area contributed by atoms with E-state index in [4.69, 9.17) is 45.4 Å². The van der Waals surface area contributed by atoms with Gasteiger partial charge in [-0.3, -0.25) is 0 Å². The van der Waals surface area contributed by atoms with Gasteiger partial charge in [0, 0.05) is 34.8 Å². The van der Waals surface area contributed by atoms with Crippen LogP contribution in [0.2, 0.25) is 15.1 Å². The van der Waals surface area contributed by atoms with Gasteiger partial charge < -0.3 is 10.6 Å². The van der Waals surface area contributed by atoms with Crippen LogP contribution in [0.5, 0.6) is 0 Å². The van der Waals surface area contributed by atoms with Crippen LogP contribution >= 0.6 is 34.8 Å². The summed E-state index contributed by atoms with van der Waals surface area (Å²) in [6.45, 7) is 0.128. The van der Waals surface area contributed by atoms with Crippen molar-refractivity contribution in [3.8, 4) is 5.69 Å². The summed E-state index contributed by atoms with van der Waals surface area (Å²) in [6, 6.07) is 8.67. The lowest BCUT2D eigenvalue weighted by Crippen LogP contribution is -2.42. The van der Waals surface area contributed by atoms with Crippen molar-refractivity contribution in [1.82, 2.24) is 9.78 Å². The average Bonchev–Trinajstić information content (AvgIpc) is 3.34. The zero-order valence-corrected chi connectivity index (χ0v) is 17.9. The van der Waals surface area contributed by atoms with Crippen LogP contribution in [0.4, 0.5) is 13.2 Å². The molecule has 11 heteroatoms. The van der Waals surface area contributed by atoms with Crippen molar-refractivity contribution < 1.29 is 18.0 Å². The van der Waals surface area contributed by atoms with Crippen LogP contribution in [0.1, 0.15) is 23.1 Å². The molecule has 0 amide bonds. The minimum atomic E-state index is -4.77. The molecule has 1 aliphatic heterocycles. The first-order chi connectivity index (χ1) is 14.6. The molecule has 162 valence electrons. The molecule has 0 saturated heterocycles. The highest BCUT2D eigenvalue weighted by molar-refractivity contribution is 6.34. The summed E-state index contributed by atoms with van der Waals surface area (Å²) < 4.78 is 44.0. The highest BCUT2D eigenvalue weighted by Gasteiger charge is 2.62. The van der Waals surface area contributed by atoms with Crippen LogP contribution in [-0.2, 0) is 17.0 Å². The first-order valence-electron chi connectivity index (χ1n) is 8.95. The molecule has 0 radical (unpaired) electrons. The van der Waals surface area contributed by atoms with Crippen molar-refractivity contribution in [3.05, 3.63) is 80.6 Å². The van der Waals surface area contributed by atoms with Gasteiger partial charge in [-0.05, 0) is 41.5 Å². The maximum atomic E-state index is 14.2. The van der Waals surface area contributed by atoms with Gasteiger partial charge in [0.15, 0.2) is 0 Å². The summed E-state index contributed by atoms with van der Waals surface area (Å²) in [6.07, 6.45) is -2.25. The van der Waals surface area contributed by atoms with Crippen LogP contribution in [0, 0.1) is 0 Å². The Hall–Kier alpha value is -2.26. The van der Waals surface area contributed by atoms with Crippen molar-refractivity contribution in [2.45, 2.75) is 24.7 Å². The van der Waals surface area contributed by atoms with E-state index in [1.54, 1.807) is 24.4 Å². The Bertz CT molecular complexity index is 1160. The minimum absolute atomic E-state index is 0.0656. The molecule has 0 spiro atoms. The summed E-state index contributed by atoms with van der Waals surface area (Å²) in [4.78, 5) is 5.04. The fourth-order valence-corrected chi connectivity index (χ4v) is 4.09. The molecular weight excluding hydrogens is 476 g/mol. The summed E-state index contributed by atoms with van der Waals surface area (Å²) in [5.74, 6) is 0. The van der Waals surface area contributed by atoms with Gasteiger partial charge in [-0.2, -0.15) is 18.3 Å². The van der Waals surface area contributed by atoms with Gasteiger partial charge in [-0.1, -0.05) is 46.0 Å². The predicted octanol–water partition coefficient (Wildman–Crippen LogP) is 5.87. The molecule has 31 heavy (non-hydrogen) atoms. The molecule has 0 saturated carbocycles. The first kappa shape index (κ1) is 22.0. The van der Waals surface area contributed by atoms with E-state index < -0.39 is 18.2 Å². The lowest BCUT2D eigenvalue weighted by Gasteiger charge is -2.29. The molecule has 0 aliphatic carbocycles. The van der Waals surface area contributed by atoms with Gasteiger partial charge in [0.05, 0.1) is 22.6 Å². The Labute approximate surface area is 190 Å². The number of hydrogen-bond acceptors (Lipinski definition) is 4. The van der Waals surface area contributed by atoms with E-state index in [9.17, 15) is 13.2 Å². The highest BCUT2D eigenvalue weighted by Crippen LogP contribution is 2.49. The number of halogens is 6. The van der Waals surface area contributed by atoms with Gasteiger partial charge in [0.25, 0.3) is 5.60 Å². The smallest absolute Gasteiger partial charge is 0.374 e. The van der Waals surface area contributed by atoms with Crippen molar-refractivity contribution in [2.24, 2.45) is 10.9 Å². The molecule has 2 heterocycles. The average molecular weight is 490 g/mol. The van der Waals surface area contributed by atoms with Crippen LogP contribution < -0.4 is 5.73 Å². The predicted molar refractivity (Wildman–Crippen MR) is 113 cm³/mol. The topological polar surface area (TPSA) is 65.4 Å². The Kier molecular flexibility index (Phi) is 5.68. The summed E-state index contributed by atoms with van der Waals surface area (Å²) >= 11 is 17.8. The standard InChI is InChI=1S/C20H14Cl3F3N4O/c21-14-4-13(5-15(22)6-14)19(20(24,25)26)7-17(29-31-19)11-1-2-18(12(3-11)8-27)30-10-16(23)9-28-30/h1-6,9-10H,7-8,27H2. The molecule has 1 aliphatic rings. The van der Waals surface area contributed by atoms with Gasteiger partial charge in [0.1, 0.15) is 0 Å². The number of nitrogens with zero attached hydrogens (tertiary/aromatic N) is 3. The summed E-state index contributed by atoms with van der Waals surface area (Å²) in [5.41, 5.74) is 4.80. The second kappa shape index (κ2) is 8.02.